The van der Waals surface area contributed by atoms with E-state index in [0.29, 0.717) is 18.8 Å². The molecule has 0 saturated carbocycles. The Morgan fingerprint density at radius 3 is 2.65 bits per heavy atom. The number of hydrogen-bond acceptors (Lipinski definition) is 3. The second-order valence-electron chi connectivity index (χ2n) is 5.11. The van der Waals surface area contributed by atoms with Gasteiger partial charge in [0.25, 0.3) is 0 Å². The zero-order valence-corrected chi connectivity index (χ0v) is 15.6. The molecule has 1 aromatic rings. The fourth-order valence-electron chi connectivity index (χ4n) is 2.28. The Balaban J connectivity index is 2.36. The lowest BCUT2D eigenvalue weighted by Gasteiger charge is -2.32. The number of nitrogens with zero attached hydrogens (tertiary/aromatic N) is 1. The monoisotopic (exact) mass is 498 g/mol. The average Bonchev–Trinajstić information content (AvgIpc) is 2.37. The number of carbonyl (C=O) groups is 2. The second-order valence-corrected chi connectivity index (χ2v) is 7.31. The zero-order valence-electron chi connectivity index (χ0n) is 11.3. The predicted molar refractivity (Wildman–Crippen MR) is 95.9 cm³/mol. The van der Waals surface area contributed by atoms with Crippen molar-refractivity contribution in [3.8, 4) is 0 Å². The van der Waals surface area contributed by atoms with Crippen LogP contribution in [0.15, 0.2) is 18.2 Å². The van der Waals surface area contributed by atoms with Crippen LogP contribution in [0.3, 0.4) is 0 Å². The number of hydrogen-bond donors (Lipinski definition) is 1. The smallest absolute Gasteiger partial charge is 0.250 e. The van der Waals surface area contributed by atoms with E-state index in [2.05, 4.69) is 70.7 Å². The number of amides is 2. The van der Waals surface area contributed by atoms with E-state index < -0.39 is 0 Å². The Morgan fingerprint density at radius 2 is 2.05 bits per heavy atom. The average molecular weight is 498 g/mol. The molecule has 20 heavy (non-hydrogen) atoms. The molecule has 1 aliphatic rings. The minimum Gasteiger partial charge on any atom is -0.301 e. The summed E-state index contributed by atoms with van der Waals surface area (Å²) in [5.41, 5.74) is 2.30. The molecule has 0 aromatic heterocycles. The number of rotatable bonds is 3. The number of nitrogens with one attached hydrogen (secondary N) is 1. The third kappa shape index (κ3) is 3.26. The number of piperidine rings is 1. The number of para-hydroxylation sites is 1. The van der Waals surface area contributed by atoms with Gasteiger partial charge in [-0.3, -0.25) is 14.9 Å². The van der Waals surface area contributed by atoms with E-state index in [9.17, 15) is 9.59 Å². The van der Waals surface area contributed by atoms with Crippen LogP contribution >= 0.6 is 45.5 Å². The van der Waals surface area contributed by atoms with Crippen molar-refractivity contribution < 1.29 is 9.59 Å². The maximum atomic E-state index is 12.0. The highest BCUT2D eigenvalue weighted by Crippen LogP contribution is 2.36. The lowest BCUT2D eigenvalue weighted by molar-refractivity contribution is -0.133. The Morgan fingerprint density at radius 1 is 1.35 bits per heavy atom. The topological polar surface area (TPSA) is 49.4 Å². The van der Waals surface area contributed by atoms with Gasteiger partial charge in [0.15, 0.2) is 0 Å². The van der Waals surface area contributed by atoms with E-state index in [-0.39, 0.29) is 17.9 Å². The van der Waals surface area contributed by atoms with Gasteiger partial charge in [-0.05, 0) is 46.6 Å². The Kier molecular flexibility index (Phi) is 5.27. The molecule has 4 nitrogen and oxygen atoms in total. The molecule has 1 fully saturated rings. The molecule has 0 aliphatic carbocycles. The van der Waals surface area contributed by atoms with Gasteiger partial charge in [-0.2, -0.15) is 0 Å². The second kappa shape index (κ2) is 6.59. The van der Waals surface area contributed by atoms with Crippen LogP contribution in [-0.2, 0) is 9.59 Å². The molecule has 1 aromatic carbocycles. The zero-order chi connectivity index (χ0) is 14.9. The summed E-state index contributed by atoms with van der Waals surface area (Å²) in [6.45, 7) is 4.29. The molecule has 1 saturated heterocycles. The van der Waals surface area contributed by atoms with Gasteiger partial charge in [0, 0.05) is 9.99 Å². The summed E-state index contributed by atoms with van der Waals surface area (Å²) in [7, 11) is 0. The highest BCUT2D eigenvalue weighted by atomic mass is 127. The first kappa shape index (κ1) is 16.0. The normalized spacial score (nSPS) is 19.1. The standard InChI is InChI=1S/C14H16I2N2O2/c1-8(2)9-4-3-5-10(15)13(9)18(16)11-6-7-12(19)17-14(11)20/h3-5,8,11H,6-7H2,1-2H3,(H,17,19,20). The van der Waals surface area contributed by atoms with Crippen LogP contribution in [0, 0.1) is 3.57 Å². The van der Waals surface area contributed by atoms with Crippen molar-refractivity contribution in [3.63, 3.8) is 0 Å². The Bertz CT molecular complexity index is 546. The third-order valence-electron chi connectivity index (χ3n) is 3.34. The quantitative estimate of drug-likeness (QED) is 0.395. The third-order valence-corrected chi connectivity index (χ3v) is 5.36. The highest BCUT2D eigenvalue weighted by molar-refractivity contribution is 14.1. The fraction of sp³-hybridized carbons (Fsp3) is 0.429. The number of halogens is 2. The largest absolute Gasteiger partial charge is 0.301 e. The number of anilines is 1. The summed E-state index contributed by atoms with van der Waals surface area (Å²) >= 11 is 4.49. The first-order valence-corrected chi connectivity index (χ1v) is 8.53. The number of imide groups is 1. The van der Waals surface area contributed by atoms with Gasteiger partial charge in [-0.15, -0.1) is 0 Å². The molecule has 1 unspecified atom stereocenters. The maximum Gasteiger partial charge on any atom is 0.250 e. The van der Waals surface area contributed by atoms with Crippen LogP contribution in [0.4, 0.5) is 5.69 Å². The number of carbonyl (C=O) groups excluding carboxylic acids is 2. The van der Waals surface area contributed by atoms with Crippen molar-refractivity contribution >= 4 is 63.0 Å². The summed E-state index contributed by atoms with van der Waals surface area (Å²) in [5.74, 6) is -0.00170. The molecule has 108 valence electrons. The molecule has 2 rings (SSSR count). The fourth-order valence-corrected chi connectivity index (χ4v) is 4.59. The van der Waals surface area contributed by atoms with E-state index in [1.165, 1.54) is 5.56 Å². The first-order chi connectivity index (χ1) is 9.41. The van der Waals surface area contributed by atoms with Crippen LogP contribution in [0.25, 0.3) is 0 Å². The molecule has 1 N–H and O–H groups in total. The molecular formula is C14H16I2N2O2. The number of benzene rings is 1. The summed E-state index contributed by atoms with van der Waals surface area (Å²) in [4.78, 5) is 23.3. The summed E-state index contributed by atoms with van der Waals surface area (Å²) in [6, 6.07) is 5.89. The van der Waals surface area contributed by atoms with Crippen LogP contribution in [0.2, 0.25) is 0 Å². The first-order valence-electron chi connectivity index (χ1n) is 6.49. The maximum absolute atomic E-state index is 12.0. The summed E-state index contributed by atoms with van der Waals surface area (Å²) < 4.78 is 3.10. The van der Waals surface area contributed by atoms with Crippen LogP contribution in [-0.4, -0.2) is 17.9 Å². The van der Waals surface area contributed by atoms with Crippen molar-refractivity contribution in [1.82, 2.24) is 5.32 Å². The minimum absolute atomic E-state index is 0.178. The highest BCUT2D eigenvalue weighted by Gasteiger charge is 2.32. The lowest BCUT2D eigenvalue weighted by Crippen LogP contribution is -2.49. The van der Waals surface area contributed by atoms with Gasteiger partial charge >= 0.3 is 0 Å². The lowest BCUT2D eigenvalue weighted by atomic mass is 9.99. The minimum atomic E-state index is -0.290. The van der Waals surface area contributed by atoms with Crippen molar-refractivity contribution in [3.05, 3.63) is 27.3 Å². The van der Waals surface area contributed by atoms with Crippen molar-refractivity contribution in [1.29, 1.82) is 0 Å². The van der Waals surface area contributed by atoms with Gasteiger partial charge < -0.3 is 3.11 Å². The van der Waals surface area contributed by atoms with Gasteiger partial charge in [0.2, 0.25) is 11.8 Å². The van der Waals surface area contributed by atoms with Gasteiger partial charge in [0.05, 0.1) is 28.6 Å². The molecule has 1 heterocycles. The Labute approximate surface area is 146 Å². The molecule has 2 amide bonds. The molecule has 0 radical (unpaired) electrons. The molecular weight excluding hydrogens is 482 g/mol. The summed E-state index contributed by atoms with van der Waals surface area (Å²) in [6.07, 6.45) is 0.965. The SMILES string of the molecule is CC(C)c1cccc(I)c1N(I)C1CCC(=O)NC1=O. The van der Waals surface area contributed by atoms with Crippen LogP contribution in [0.1, 0.15) is 38.2 Å². The van der Waals surface area contributed by atoms with Gasteiger partial charge in [-0.25, -0.2) is 0 Å². The van der Waals surface area contributed by atoms with Crippen molar-refractivity contribution in [2.45, 2.75) is 38.6 Å². The van der Waals surface area contributed by atoms with Crippen LogP contribution < -0.4 is 8.43 Å². The Hall–Kier alpha value is -0.380. The van der Waals surface area contributed by atoms with Gasteiger partial charge in [-0.1, -0.05) is 26.0 Å². The van der Waals surface area contributed by atoms with E-state index in [0.717, 1.165) is 9.26 Å². The van der Waals surface area contributed by atoms with Crippen LogP contribution in [0.5, 0.6) is 0 Å². The van der Waals surface area contributed by atoms with Crippen molar-refractivity contribution in [2.24, 2.45) is 0 Å². The van der Waals surface area contributed by atoms with E-state index in [1.807, 2.05) is 15.2 Å². The molecule has 6 heteroatoms. The van der Waals surface area contributed by atoms with E-state index >= 15 is 0 Å². The van der Waals surface area contributed by atoms with E-state index in [4.69, 9.17) is 0 Å². The molecule has 0 bridgehead atoms. The van der Waals surface area contributed by atoms with Gasteiger partial charge in [0.1, 0.15) is 6.04 Å². The molecule has 1 aliphatic heterocycles. The predicted octanol–water partition coefficient (Wildman–Crippen LogP) is 3.38. The summed E-state index contributed by atoms with van der Waals surface area (Å²) in [5, 5.41) is 2.42. The van der Waals surface area contributed by atoms with Crippen molar-refractivity contribution in [2.75, 3.05) is 3.11 Å². The molecule has 1 atom stereocenters. The van der Waals surface area contributed by atoms with E-state index in [1.54, 1.807) is 0 Å². The molecule has 0 spiro atoms.